The molecule has 19 heavy (non-hydrogen) atoms. The molecule has 1 unspecified atom stereocenters. The Labute approximate surface area is 110 Å². The SMILES string of the molecule is CCC(C)(C)C(NN)c1ccccc1OC(F)(F)F. The van der Waals surface area contributed by atoms with Crippen molar-refractivity contribution in [1.29, 1.82) is 0 Å². The van der Waals surface area contributed by atoms with Crippen LogP contribution in [0.5, 0.6) is 5.75 Å². The first-order valence-electron chi connectivity index (χ1n) is 6.02. The fourth-order valence-corrected chi connectivity index (χ4v) is 1.88. The average molecular weight is 276 g/mol. The molecule has 3 N–H and O–H groups in total. The van der Waals surface area contributed by atoms with E-state index in [0.717, 1.165) is 6.42 Å². The zero-order valence-corrected chi connectivity index (χ0v) is 11.2. The van der Waals surface area contributed by atoms with Gasteiger partial charge in [-0.3, -0.25) is 11.3 Å². The van der Waals surface area contributed by atoms with E-state index in [1.54, 1.807) is 12.1 Å². The molecule has 1 atom stereocenters. The van der Waals surface area contributed by atoms with Crippen molar-refractivity contribution in [1.82, 2.24) is 5.43 Å². The predicted molar refractivity (Wildman–Crippen MR) is 67.3 cm³/mol. The summed E-state index contributed by atoms with van der Waals surface area (Å²) in [4.78, 5) is 0. The number of rotatable bonds is 5. The van der Waals surface area contributed by atoms with Gasteiger partial charge in [0.25, 0.3) is 0 Å². The zero-order chi connectivity index (χ0) is 14.7. The van der Waals surface area contributed by atoms with Crippen molar-refractivity contribution in [2.75, 3.05) is 0 Å². The highest BCUT2D eigenvalue weighted by atomic mass is 19.4. The van der Waals surface area contributed by atoms with Crippen LogP contribution in [0.3, 0.4) is 0 Å². The number of hydrogen-bond acceptors (Lipinski definition) is 3. The van der Waals surface area contributed by atoms with Crippen molar-refractivity contribution >= 4 is 0 Å². The van der Waals surface area contributed by atoms with Crippen LogP contribution in [0.15, 0.2) is 24.3 Å². The first-order chi connectivity index (χ1) is 8.71. The molecule has 0 spiro atoms. The predicted octanol–water partition coefficient (Wildman–Crippen LogP) is 3.53. The van der Waals surface area contributed by atoms with Gasteiger partial charge in [-0.15, -0.1) is 13.2 Å². The summed E-state index contributed by atoms with van der Waals surface area (Å²) in [5, 5.41) is 0. The fraction of sp³-hybridized carbons (Fsp3) is 0.538. The number of ether oxygens (including phenoxy) is 1. The van der Waals surface area contributed by atoms with E-state index in [2.05, 4.69) is 10.2 Å². The third-order valence-corrected chi connectivity index (χ3v) is 3.32. The first kappa shape index (κ1) is 15.8. The maximum absolute atomic E-state index is 12.4. The molecular formula is C13H19F3N2O. The number of hydrogen-bond donors (Lipinski definition) is 2. The highest BCUT2D eigenvalue weighted by Gasteiger charge is 2.35. The fourth-order valence-electron chi connectivity index (χ4n) is 1.88. The zero-order valence-electron chi connectivity index (χ0n) is 11.2. The Morgan fingerprint density at radius 1 is 1.26 bits per heavy atom. The summed E-state index contributed by atoms with van der Waals surface area (Å²) in [6.07, 6.45) is -3.96. The molecule has 0 radical (unpaired) electrons. The molecule has 0 aliphatic heterocycles. The smallest absolute Gasteiger partial charge is 0.405 e. The number of nitrogens with one attached hydrogen (secondary N) is 1. The van der Waals surface area contributed by atoms with Gasteiger partial charge in [-0.2, -0.15) is 0 Å². The average Bonchev–Trinajstić information content (AvgIpc) is 2.30. The molecule has 0 saturated heterocycles. The third kappa shape index (κ3) is 4.11. The lowest BCUT2D eigenvalue weighted by atomic mass is 9.78. The van der Waals surface area contributed by atoms with Gasteiger partial charge in [-0.1, -0.05) is 39.0 Å². The molecule has 6 heteroatoms. The molecule has 0 amide bonds. The summed E-state index contributed by atoms with van der Waals surface area (Å²) >= 11 is 0. The van der Waals surface area contributed by atoms with Gasteiger partial charge in [0, 0.05) is 5.56 Å². The maximum atomic E-state index is 12.4. The van der Waals surface area contributed by atoms with E-state index in [1.165, 1.54) is 12.1 Å². The Hall–Kier alpha value is -1.27. The largest absolute Gasteiger partial charge is 0.573 e. The monoisotopic (exact) mass is 276 g/mol. The lowest BCUT2D eigenvalue weighted by Gasteiger charge is -2.34. The Morgan fingerprint density at radius 2 is 1.84 bits per heavy atom. The molecule has 0 aliphatic carbocycles. The summed E-state index contributed by atoms with van der Waals surface area (Å²) < 4.78 is 41.2. The summed E-state index contributed by atoms with van der Waals surface area (Å²) in [5.74, 6) is 5.29. The molecule has 0 aliphatic rings. The summed E-state index contributed by atoms with van der Waals surface area (Å²) in [5.41, 5.74) is 2.68. The van der Waals surface area contributed by atoms with Crippen LogP contribution >= 0.6 is 0 Å². The van der Waals surface area contributed by atoms with E-state index in [0.29, 0.717) is 5.56 Å². The number of benzene rings is 1. The first-order valence-corrected chi connectivity index (χ1v) is 6.02. The van der Waals surface area contributed by atoms with Crippen molar-refractivity contribution in [3.63, 3.8) is 0 Å². The van der Waals surface area contributed by atoms with Crippen molar-refractivity contribution in [2.45, 2.75) is 39.6 Å². The minimum atomic E-state index is -4.72. The quantitative estimate of drug-likeness (QED) is 0.639. The van der Waals surface area contributed by atoms with E-state index in [4.69, 9.17) is 5.84 Å². The molecule has 3 nitrogen and oxygen atoms in total. The van der Waals surface area contributed by atoms with E-state index in [9.17, 15) is 13.2 Å². The molecule has 0 aromatic heterocycles. The normalized spacial score (nSPS) is 14.3. The van der Waals surface area contributed by atoms with E-state index >= 15 is 0 Å². The Morgan fingerprint density at radius 3 is 2.32 bits per heavy atom. The lowest BCUT2D eigenvalue weighted by molar-refractivity contribution is -0.275. The molecule has 0 heterocycles. The van der Waals surface area contributed by atoms with Crippen LogP contribution in [0.25, 0.3) is 0 Å². The van der Waals surface area contributed by atoms with E-state index < -0.39 is 12.4 Å². The highest BCUT2D eigenvalue weighted by molar-refractivity contribution is 5.37. The van der Waals surface area contributed by atoms with Crippen LogP contribution in [-0.4, -0.2) is 6.36 Å². The summed E-state index contributed by atoms with van der Waals surface area (Å²) in [6.45, 7) is 5.82. The van der Waals surface area contributed by atoms with Gasteiger partial charge in [0.1, 0.15) is 5.75 Å². The number of hydrazine groups is 1. The second-order valence-corrected chi connectivity index (χ2v) is 5.03. The van der Waals surface area contributed by atoms with Crippen LogP contribution in [0.2, 0.25) is 0 Å². The summed E-state index contributed by atoms with van der Waals surface area (Å²) in [7, 11) is 0. The summed E-state index contributed by atoms with van der Waals surface area (Å²) in [6, 6.07) is 5.60. The molecule has 1 aromatic carbocycles. The van der Waals surface area contributed by atoms with Crippen LogP contribution in [0, 0.1) is 5.41 Å². The molecule has 0 bridgehead atoms. The van der Waals surface area contributed by atoms with E-state index in [1.807, 2.05) is 20.8 Å². The number of halogens is 3. The Bertz CT molecular complexity index is 419. The second kappa shape index (κ2) is 5.79. The van der Waals surface area contributed by atoms with Gasteiger partial charge in [0.15, 0.2) is 0 Å². The van der Waals surface area contributed by atoms with Crippen LogP contribution < -0.4 is 16.0 Å². The van der Waals surface area contributed by atoms with Crippen LogP contribution in [0.4, 0.5) is 13.2 Å². The standard InChI is InChI=1S/C13H19F3N2O/c1-4-12(2,3)11(18-17)9-7-5-6-8-10(9)19-13(14,15)16/h5-8,11,18H,4,17H2,1-3H3. The van der Waals surface area contributed by atoms with Gasteiger partial charge in [-0.25, -0.2) is 0 Å². The van der Waals surface area contributed by atoms with Crippen LogP contribution in [-0.2, 0) is 0 Å². The number of para-hydroxylation sites is 1. The third-order valence-electron chi connectivity index (χ3n) is 3.32. The lowest BCUT2D eigenvalue weighted by Crippen LogP contribution is -2.38. The highest BCUT2D eigenvalue weighted by Crippen LogP contribution is 2.40. The van der Waals surface area contributed by atoms with Crippen molar-refractivity contribution in [2.24, 2.45) is 11.3 Å². The van der Waals surface area contributed by atoms with Gasteiger partial charge in [-0.05, 0) is 17.9 Å². The Balaban J connectivity index is 3.18. The minimum absolute atomic E-state index is 0.223. The second-order valence-electron chi connectivity index (χ2n) is 5.03. The van der Waals surface area contributed by atoms with Gasteiger partial charge < -0.3 is 4.74 Å². The Kier molecular flexibility index (Phi) is 4.81. The number of alkyl halides is 3. The number of nitrogens with two attached hydrogens (primary N) is 1. The molecule has 0 fully saturated rings. The van der Waals surface area contributed by atoms with Crippen molar-refractivity contribution < 1.29 is 17.9 Å². The maximum Gasteiger partial charge on any atom is 0.573 e. The molecule has 1 rings (SSSR count). The van der Waals surface area contributed by atoms with Crippen LogP contribution in [0.1, 0.15) is 38.8 Å². The van der Waals surface area contributed by atoms with Gasteiger partial charge in [0.05, 0.1) is 6.04 Å². The van der Waals surface area contributed by atoms with Gasteiger partial charge >= 0.3 is 6.36 Å². The molecule has 1 aromatic rings. The topological polar surface area (TPSA) is 47.3 Å². The van der Waals surface area contributed by atoms with Gasteiger partial charge in [0.2, 0.25) is 0 Å². The molecular weight excluding hydrogens is 257 g/mol. The van der Waals surface area contributed by atoms with Crippen molar-refractivity contribution in [3.05, 3.63) is 29.8 Å². The van der Waals surface area contributed by atoms with Crippen molar-refractivity contribution in [3.8, 4) is 5.75 Å². The molecule has 0 saturated carbocycles. The molecule has 108 valence electrons. The van der Waals surface area contributed by atoms with E-state index in [-0.39, 0.29) is 11.2 Å². The minimum Gasteiger partial charge on any atom is -0.405 e.